The molecule has 0 heterocycles. The molecule has 0 aromatic carbocycles. The quantitative estimate of drug-likeness (QED) is 0.695. The second-order valence-electron chi connectivity index (χ2n) is 6.79. The van der Waals surface area contributed by atoms with Crippen molar-refractivity contribution >= 4 is 19.7 Å². The Balaban J connectivity index is 2.13. The van der Waals surface area contributed by atoms with E-state index in [0.29, 0.717) is 5.92 Å². The standard InChI is InChI=1S/C15H27ClO2S/c1-15(19(16,17)18,14-10-6-3-7-11-14)12-13-8-4-2-5-9-13/h13-14H,2-12H2,1H3. The summed E-state index contributed by atoms with van der Waals surface area (Å²) in [7, 11) is 2.37. The van der Waals surface area contributed by atoms with Crippen LogP contribution in [0.4, 0.5) is 0 Å². The van der Waals surface area contributed by atoms with E-state index in [1.165, 1.54) is 38.5 Å². The Labute approximate surface area is 122 Å². The zero-order valence-electron chi connectivity index (χ0n) is 12.0. The molecule has 19 heavy (non-hydrogen) atoms. The van der Waals surface area contributed by atoms with Crippen molar-refractivity contribution in [3.8, 4) is 0 Å². The third kappa shape index (κ3) is 3.66. The lowest BCUT2D eigenvalue weighted by Crippen LogP contribution is -2.43. The Kier molecular flexibility index (Phi) is 5.21. The molecule has 0 aromatic rings. The maximum absolute atomic E-state index is 12.2. The summed E-state index contributed by atoms with van der Waals surface area (Å²) in [5.41, 5.74) is 0. The van der Waals surface area contributed by atoms with Crippen LogP contribution in [0.25, 0.3) is 0 Å². The van der Waals surface area contributed by atoms with Crippen LogP contribution in [-0.4, -0.2) is 13.2 Å². The van der Waals surface area contributed by atoms with Crippen LogP contribution in [-0.2, 0) is 9.05 Å². The van der Waals surface area contributed by atoms with Crippen molar-refractivity contribution in [2.24, 2.45) is 11.8 Å². The van der Waals surface area contributed by atoms with Crippen molar-refractivity contribution in [2.75, 3.05) is 0 Å². The van der Waals surface area contributed by atoms with Crippen molar-refractivity contribution in [2.45, 2.75) is 82.3 Å². The molecule has 2 aliphatic rings. The fourth-order valence-electron chi connectivity index (χ4n) is 4.14. The van der Waals surface area contributed by atoms with Crippen molar-refractivity contribution in [1.29, 1.82) is 0 Å². The zero-order valence-corrected chi connectivity index (χ0v) is 13.6. The molecular weight excluding hydrogens is 280 g/mol. The van der Waals surface area contributed by atoms with Crippen LogP contribution in [0.5, 0.6) is 0 Å². The van der Waals surface area contributed by atoms with Gasteiger partial charge in [-0.2, -0.15) is 0 Å². The molecule has 112 valence electrons. The molecule has 2 saturated carbocycles. The molecule has 0 amide bonds. The van der Waals surface area contributed by atoms with Gasteiger partial charge in [-0.1, -0.05) is 51.4 Å². The molecule has 1 unspecified atom stereocenters. The maximum atomic E-state index is 12.2. The van der Waals surface area contributed by atoms with Crippen LogP contribution in [0, 0.1) is 11.8 Å². The smallest absolute Gasteiger partial charge is 0.212 e. The van der Waals surface area contributed by atoms with Gasteiger partial charge in [0.1, 0.15) is 0 Å². The molecule has 0 bridgehead atoms. The fraction of sp³-hybridized carbons (Fsp3) is 1.00. The van der Waals surface area contributed by atoms with Crippen LogP contribution in [0.3, 0.4) is 0 Å². The molecule has 0 spiro atoms. The number of hydrogen-bond donors (Lipinski definition) is 0. The molecule has 1 atom stereocenters. The minimum absolute atomic E-state index is 0.269. The summed E-state index contributed by atoms with van der Waals surface area (Å²) in [5, 5.41) is 0. The number of hydrogen-bond acceptors (Lipinski definition) is 2. The van der Waals surface area contributed by atoms with E-state index in [-0.39, 0.29) is 5.92 Å². The van der Waals surface area contributed by atoms with Crippen molar-refractivity contribution < 1.29 is 8.42 Å². The van der Waals surface area contributed by atoms with Gasteiger partial charge in [-0.25, -0.2) is 8.42 Å². The van der Waals surface area contributed by atoms with E-state index in [0.717, 1.165) is 32.1 Å². The Morgan fingerprint density at radius 1 is 0.947 bits per heavy atom. The third-order valence-corrected chi connectivity index (χ3v) is 8.12. The number of rotatable bonds is 4. The van der Waals surface area contributed by atoms with Gasteiger partial charge in [0.2, 0.25) is 9.05 Å². The van der Waals surface area contributed by atoms with Crippen molar-refractivity contribution in [1.82, 2.24) is 0 Å². The highest BCUT2D eigenvalue weighted by Crippen LogP contribution is 2.45. The van der Waals surface area contributed by atoms with Gasteiger partial charge < -0.3 is 0 Å². The van der Waals surface area contributed by atoms with Gasteiger partial charge in [-0.3, -0.25) is 0 Å². The van der Waals surface area contributed by atoms with E-state index in [9.17, 15) is 8.42 Å². The SMILES string of the molecule is CC(CC1CCCCC1)(C1CCCCC1)S(=O)(=O)Cl. The lowest BCUT2D eigenvalue weighted by atomic mass is 9.74. The minimum atomic E-state index is -3.49. The lowest BCUT2D eigenvalue weighted by molar-refractivity contribution is 0.221. The molecule has 0 radical (unpaired) electrons. The summed E-state index contributed by atoms with van der Waals surface area (Å²) in [6.45, 7) is 1.92. The van der Waals surface area contributed by atoms with E-state index >= 15 is 0 Å². The highest BCUT2D eigenvalue weighted by atomic mass is 35.7. The van der Waals surface area contributed by atoms with Crippen LogP contribution in [0.1, 0.15) is 77.6 Å². The summed E-state index contributed by atoms with van der Waals surface area (Å²) < 4.78 is 23.7. The summed E-state index contributed by atoms with van der Waals surface area (Å²) >= 11 is 0. The highest BCUT2D eigenvalue weighted by Gasteiger charge is 2.46. The molecule has 2 aliphatic carbocycles. The second-order valence-corrected chi connectivity index (χ2v) is 9.82. The summed E-state index contributed by atoms with van der Waals surface area (Å²) in [6, 6.07) is 0. The molecule has 0 aliphatic heterocycles. The first kappa shape index (κ1) is 15.6. The predicted molar refractivity (Wildman–Crippen MR) is 80.9 cm³/mol. The summed E-state index contributed by atoms with van der Waals surface area (Å²) in [5.74, 6) is 0.833. The Morgan fingerprint density at radius 2 is 1.42 bits per heavy atom. The maximum Gasteiger partial charge on any atom is 0.238 e. The van der Waals surface area contributed by atoms with Crippen LogP contribution < -0.4 is 0 Å². The monoisotopic (exact) mass is 306 g/mol. The Bertz CT molecular complexity index is 381. The van der Waals surface area contributed by atoms with E-state index in [4.69, 9.17) is 10.7 Å². The largest absolute Gasteiger partial charge is 0.238 e. The van der Waals surface area contributed by atoms with E-state index in [1.54, 1.807) is 0 Å². The topological polar surface area (TPSA) is 34.1 Å². The second kappa shape index (κ2) is 6.34. The molecule has 0 aromatic heterocycles. The molecule has 2 rings (SSSR count). The molecule has 4 heteroatoms. The molecule has 0 saturated heterocycles. The molecule has 0 N–H and O–H groups in total. The van der Waals surface area contributed by atoms with E-state index in [2.05, 4.69) is 0 Å². The first-order valence-corrected chi connectivity index (χ1v) is 10.2. The van der Waals surface area contributed by atoms with Crippen LogP contribution in [0.2, 0.25) is 0 Å². The minimum Gasteiger partial charge on any atom is -0.212 e. The summed E-state index contributed by atoms with van der Waals surface area (Å²) in [4.78, 5) is 0. The summed E-state index contributed by atoms with van der Waals surface area (Å²) in [6.07, 6.45) is 12.6. The van der Waals surface area contributed by atoms with Crippen molar-refractivity contribution in [3.05, 3.63) is 0 Å². The van der Waals surface area contributed by atoms with Crippen LogP contribution >= 0.6 is 10.7 Å². The Morgan fingerprint density at radius 3 is 1.89 bits per heavy atom. The van der Waals surface area contributed by atoms with E-state index in [1.807, 2.05) is 6.92 Å². The zero-order chi connectivity index (χ0) is 13.9. The molecular formula is C15H27ClO2S. The van der Waals surface area contributed by atoms with Gasteiger partial charge in [-0.05, 0) is 38.0 Å². The normalized spacial score (nSPS) is 27.1. The van der Waals surface area contributed by atoms with Gasteiger partial charge in [-0.15, -0.1) is 0 Å². The van der Waals surface area contributed by atoms with Gasteiger partial charge in [0, 0.05) is 10.7 Å². The molecule has 2 fully saturated rings. The van der Waals surface area contributed by atoms with Gasteiger partial charge in [0.25, 0.3) is 0 Å². The third-order valence-electron chi connectivity index (χ3n) is 5.44. The van der Waals surface area contributed by atoms with Crippen molar-refractivity contribution in [3.63, 3.8) is 0 Å². The average molecular weight is 307 g/mol. The molecule has 2 nitrogen and oxygen atoms in total. The van der Waals surface area contributed by atoms with Crippen LogP contribution in [0.15, 0.2) is 0 Å². The number of halogens is 1. The highest BCUT2D eigenvalue weighted by molar-refractivity contribution is 8.14. The van der Waals surface area contributed by atoms with Gasteiger partial charge in [0.05, 0.1) is 4.75 Å². The van der Waals surface area contributed by atoms with E-state index < -0.39 is 13.8 Å². The lowest BCUT2D eigenvalue weighted by Gasteiger charge is -2.40. The first-order valence-electron chi connectivity index (χ1n) is 7.88. The van der Waals surface area contributed by atoms with Gasteiger partial charge in [0.15, 0.2) is 0 Å². The first-order chi connectivity index (χ1) is 8.93. The van der Waals surface area contributed by atoms with Gasteiger partial charge >= 0.3 is 0 Å². The predicted octanol–water partition coefficient (Wildman–Crippen LogP) is 4.86. The Hall–Kier alpha value is 0.240. The average Bonchev–Trinajstić information content (AvgIpc) is 2.39. The fourth-order valence-corrected chi connectivity index (χ4v) is 5.78.